The van der Waals surface area contributed by atoms with Crippen LogP contribution in [0.5, 0.6) is 0 Å². The first kappa shape index (κ1) is 31.8. The first-order chi connectivity index (χ1) is 21.8. The van der Waals surface area contributed by atoms with Crippen LogP contribution in [0.25, 0.3) is 0 Å². The van der Waals surface area contributed by atoms with Crippen molar-refractivity contribution in [2.24, 2.45) is 0 Å². The molecule has 10 nitrogen and oxygen atoms in total. The standard InChI is InChI=1S/C29H19F7N4O6/c1-10-11-6-37-26(41)15-2-3-17(45-15)28(43)39-8-13-22(33)24(35)14(25(36)23(13)34)9-40-29(44)18-5-4-16(46-18)27(42)38-7-12(19(10)30)21(32)20(11)31/h2-5H,6-9H2,1H3,(H,37,41)(H,38,42)(H,39,43)(H,40,44). The largest absolute Gasteiger partial charge is 0.446 e. The number of carbonyl (C=O) groups excluding carboxylic acids is 4. The first-order valence-electron chi connectivity index (χ1n) is 13.1. The fourth-order valence-corrected chi connectivity index (χ4v) is 4.47. The molecule has 2 aromatic carbocycles. The van der Waals surface area contributed by atoms with E-state index in [1.54, 1.807) is 0 Å². The molecule has 8 rings (SSSR count). The van der Waals surface area contributed by atoms with Crippen LogP contribution in [0.15, 0.2) is 33.1 Å². The molecule has 0 spiro atoms. The van der Waals surface area contributed by atoms with Crippen LogP contribution in [0.3, 0.4) is 0 Å². The minimum absolute atomic E-state index is 0.401. The summed E-state index contributed by atoms with van der Waals surface area (Å²) >= 11 is 0. The molecule has 0 fully saturated rings. The van der Waals surface area contributed by atoms with E-state index in [1.807, 2.05) is 10.6 Å². The normalized spacial score (nSPS) is 14.6. The number of furan rings is 2. The summed E-state index contributed by atoms with van der Waals surface area (Å²) < 4.78 is 114. The summed E-state index contributed by atoms with van der Waals surface area (Å²) in [6.07, 6.45) is 0. The van der Waals surface area contributed by atoms with Gasteiger partial charge in [-0.2, -0.15) is 0 Å². The second kappa shape index (κ2) is 12.4. The van der Waals surface area contributed by atoms with Gasteiger partial charge in [0.15, 0.2) is 57.9 Å². The molecule has 4 aromatic rings. The Bertz CT molecular complexity index is 1610. The number of nitrogens with one attached hydrogen (secondary N) is 4. The van der Waals surface area contributed by atoms with E-state index < -0.39 is 141 Å². The average molecular weight is 652 g/mol. The summed E-state index contributed by atoms with van der Waals surface area (Å²) in [7, 11) is 0. The van der Waals surface area contributed by atoms with Gasteiger partial charge < -0.3 is 30.1 Å². The summed E-state index contributed by atoms with van der Waals surface area (Å²) in [6.45, 7) is -2.70. The van der Waals surface area contributed by atoms with Crippen molar-refractivity contribution in [3.8, 4) is 0 Å². The minimum Gasteiger partial charge on any atom is -0.446 e. The zero-order chi connectivity index (χ0) is 33.4. The molecule has 4 aliphatic rings. The molecule has 0 aliphatic carbocycles. The van der Waals surface area contributed by atoms with Crippen molar-refractivity contribution in [1.29, 1.82) is 0 Å². The maximum absolute atomic E-state index is 15.1. The summed E-state index contributed by atoms with van der Waals surface area (Å²) in [6, 6.07) is 3.87. The van der Waals surface area contributed by atoms with E-state index in [0.29, 0.717) is 0 Å². The molecular formula is C29H19F7N4O6. The maximum Gasteiger partial charge on any atom is 0.287 e. The van der Waals surface area contributed by atoms with Crippen LogP contribution in [0.1, 0.15) is 70.0 Å². The molecule has 4 amide bonds. The predicted octanol–water partition coefficient (Wildman–Crippen LogP) is 4.19. The van der Waals surface area contributed by atoms with Gasteiger partial charge in [0.1, 0.15) is 5.82 Å². The highest BCUT2D eigenvalue weighted by Crippen LogP contribution is 2.27. The van der Waals surface area contributed by atoms with Gasteiger partial charge in [-0.1, -0.05) is 0 Å². The molecule has 46 heavy (non-hydrogen) atoms. The number of benzene rings is 2. The van der Waals surface area contributed by atoms with Gasteiger partial charge in [0.05, 0.1) is 0 Å². The average Bonchev–Trinajstić information content (AvgIpc) is 3.73. The van der Waals surface area contributed by atoms with E-state index in [9.17, 15) is 45.5 Å². The summed E-state index contributed by atoms with van der Waals surface area (Å²) in [5.41, 5.74) is -4.29. The molecule has 0 saturated carbocycles. The number of halogens is 7. The number of amides is 4. The van der Waals surface area contributed by atoms with Crippen molar-refractivity contribution in [1.82, 2.24) is 21.3 Å². The molecule has 2 aromatic heterocycles. The van der Waals surface area contributed by atoms with Crippen LogP contribution in [0.2, 0.25) is 0 Å². The highest BCUT2D eigenvalue weighted by molar-refractivity contribution is 5.96. The number of hydrogen-bond acceptors (Lipinski definition) is 6. The summed E-state index contributed by atoms with van der Waals surface area (Å²) in [5.74, 6) is -18.7. The first-order valence-corrected chi connectivity index (χ1v) is 13.1. The molecule has 0 atom stereocenters. The van der Waals surface area contributed by atoms with Crippen molar-refractivity contribution < 1.29 is 58.7 Å². The lowest BCUT2D eigenvalue weighted by atomic mass is 10.0. The van der Waals surface area contributed by atoms with E-state index in [-0.39, 0.29) is 0 Å². The van der Waals surface area contributed by atoms with Gasteiger partial charge >= 0.3 is 0 Å². The fraction of sp³-hybridized carbons (Fsp3) is 0.172. The second-order valence-electron chi connectivity index (χ2n) is 9.80. The fourth-order valence-electron chi connectivity index (χ4n) is 4.47. The highest BCUT2D eigenvalue weighted by Gasteiger charge is 2.28. The van der Waals surface area contributed by atoms with Gasteiger partial charge in [0.2, 0.25) is 0 Å². The van der Waals surface area contributed by atoms with E-state index >= 15 is 4.39 Å². The smallest absolute Gasteiger partial charge is 0.287 e. The number of carbonyl (C=O) groups is 4. The topological polar surface area (TPSA) is 143 Å². The Balaban J connectivity index is 1.49. The molecular weight excluding hydrogens is 633 g/mol. The quantitative estimate of drug-likeness (QED) is 0.166. The molecule has 4 aliphatic heterocycles. The zero-order valence-corrected chi connectivity index (χ0v) is 23.2. The predicted molar refractivity (Wildman–Crippen MR) is 139 cm³/mol. The summed E-state index contributed by atoms with van der Waals surface area (Å²) in [4.78, 5) is 50.0. The van der Waals surface area contributed by atoms with Gasteiger partial charge in [0.25, 0.3) is 23.6 Å². The van der Waals surface area contributed by atoms with Gasteiger partial charge in [-0.15, -0.1) is 0 Å². The highest BCUT2D eigenvalue weighted by atomic mass is 19.2. The maximum atomic E-state index is 15.1. The molecule has 6 heterocycles. The van der Waals surface area contributed by atoms with Gasteiger partial charge in [-0.3, -0.25) is 19.2 Å². The molecule has 8 bridgehead atoms. The monoisotopic (exact) mass is 652 g/mol. The molecule has 0 saturated heterocycles. The molecule has 0 unspecified atom stereocenters. The van der Waals surface area contributed by atoms with Crippen LogP contribution in [-0.2, 0) is 26.2 Å². The lowest BCUT2D eigenvalue weighted by Gasteiger charge is -2.15. The van der Waals surface area contributed by atoms with E-state index in [0.717, 1.165) is 31.2 Å². The van der Waals surface area contributed by atoms with Gasteiger partial charge in [-0.25, -0.2) is 30.7 Å². The third-order valence-electron chi connectivity index (χ3n) is 7.02. The van der Waals surface area contributed by atoms with Crippen LogP contribution in [0, 0.1) is 47.6 Å². The van der Waals surface area contributed by atoms with E-state index in [2.05, 4.69) is 10.6 Å². The van der Waals surface area contributed by atoms with Crippen LogP contribution >= 0.6 is 0 Å². The van der Waals surface area contributed by atoms with Crippen LogP contribution in [0.4, 0.5) is 30.7 Å². The minimum atomic E-state index is -1.87. The third kappa shape index (κ3) is 5.78. The number of hydrogen-bond donors (Lipinski definition) is 4. The Morgan fingerprint density at radius 2 is 0.674 bits per heavy atom. The molecule has 4 N–H and O–H groups in total. The Morgan fingerprint density at radius 3 is 0.978 bits per heavy atom. The third-order valence-corrected chi connectivity index (χ3v) is 7.02. The van der Waals surface area contributed by atoms with Gasteiger partial charge in [0, 0.05) is 48.4 Å². The Labute approximate surface area is 252 Å². The lowest BCUT2D eigenvalue weighted by molar-refractivity contribution is 0.0881. The lowest BCUT2D eigenvalue weighted by Crippen LogP contribution is -2.27. The molecule has 0 radical (unpaired) electrons. The van der Waals surface area contributed by atoms with Crippen molar-refractivity contribution in [3.05, 3.63) is 116 Å². The van der Waals surface area contributed by atoms with Crippen LogP contribution < -0.4 is 21.3 Å². The molecule has 17 heteroatoms. The van der Waals surface area contributed by atoms with Crippen molar-refractivity contribution >= 4 is 23.6 Å². The molecule has 240 valence electrons. The van der Waals surface area contributed by atoms with Crippen molar-refractivity contribution in [2.45, 2.75) is 33.1 Å². The Hall–Kier alpha value is -5.61. The van der Waals surface area contributed by atoms with Crippen molar-refractivity contribution in [3.63, 3.8) is 0 Å². The van der Waals surface area contributed by atoms with Gasteiger partial charge in [-0.05, 0) is 36.8 Å². The number of rotatable bonds is 0. The Kier molecular flexibility index (Phi) is 8.58. The Morgan fingerprint density at radius 1 is 0.435 bits per heavy atom. The summed E-state index contributed by atoms with van der Waals surface area (Å²) in [5, 5.41) is 8.21. The zero-order valence-electron chi connectivity index (χ0n) is 23.2. The van der Waals surface area contributed by atoms with E-state index in [1.165, 1.54) is 0 Å². The SMILES string of the molecule is Cc1c(F)c2c(F)c(F)c1CNC(=O)c1ccc(o1)C(=O)NCc1c(F)c(F)c(c(F)c1F)CNC(=O)c1ccc(o1)C(=O)NC2. The van der Waals surface area contributed by atoms with E-state index in [4.69, 9.17) is 8.83 Å². The second-order valence-corrected chi connectivity index (χ2v) is 9.80. The van der Waals surface area contributed by atoms with Crippen molar-refractivity contribution in [2.75, 3.05) is 0 Å². The van der Waals surface area contributed by atoms with Crippen LogP contribution in [-0.4, -0.2) is 23.6 Å².